The zero-order valence-electron chi connectivity index (χ0n) is 11.3. The minimum Gasteiger partial charge on any atom is -0.330 e. The molecule has 0 heterocycles. The Balaban J connectivity index is 2.80. The maximum Gasteiger partial charge on any atom is 0.0239 e. The molecule has 17 heavy (non-hydrogen) atoms. The molecule has 0 fully saturated rings. The first-order valence-corrected chi connectivity index (χ1v) is 6.82. The second-order valence-electron chi connectivity index (χ2n) is 5.28. The molecule has 1 aromatic rings. The molecule has 0 unspecified atom stereocenters. The summed E-state index contributed by atoms with van der Waals surface area (Å²) in [4.78, 5) is 2.37. The quantitative estimate of drug-likeness (QED) is 0.903. The average Bonchev–Trinajstić information content (AvgIpc) is 2.23. The average molecular weight is 299 g/mol. The van der Waals surface area contributed by atoms with Crippen LogP contribution in [0.15, 0.2) is 22.7 Å². The fourth-order valence-corrected chi connectivity index (χ4v) is 2.23. The standard InChI is InChI=1S/C14H23BrN2/c1-11-5-6-13(15)9-12(11)10-17(4)14(2,3)7-8-16/h5-6,9H,7-8,10,16H2,1-4H3. The maximum atomic E-state index is 5.67. The van der Waals surface area contributed by atoms with E-state index in [9.17, 15) is 0 Å². The normalized spacial score (nSPS) is 12.2. The van der Waals surface area contributed by atoms with E-state index in [1.54, 1.807) is 0 Å². The lowest BCUT2D eigenvalue weighted by Gasteiger charge is -2.36. The van der Waals surface area contributed by atoms with E-state index >= 15 is 0 Å². The molecule has 2 nitrogen and oxygen atoms in total. The summed E-state index contributed by atoms with van der Waals surface area (Å²) in [5, 5.41) is 0. The minimum atomic E-state index is 0.142. The molecular weight excluding hydrogens is 276 g/mol. The Morgan fingerprint density at radius 3 is 2.59 bits per heavy atom. The zero-order chi connectivity index (χ0) is 13.1. The van der Waals surface area contributed by atoms with Crippen LogP contribution in [0.3, 0.4) is 0 Å². The van der Waals surface area contributed by atoms with Crippen LogP contribution in [-0.2, 0) is 6.54 Å². The van der Waals surface area contributed by atoms with Gasteiger partial charge in [0.05, 0.1) is 0 Å². The number of benzene rings is 1. The van der Waals surface area contributed by atoms with Gasteiger partial charge in [-0.2, -0.15) is 0 Å². The van der Waals surface area contributed by atoms with Crippen molar-refractivity contribution in [3.05, 3.63) is 33.8 Å². The third kappa shape index (κ3) is 4.09. The van der Waals surface area contributed by atoms with Crippen LogP contribution >= 0.6 is 15.9 Å². The van der Waals surface area contributed by atoms with E-state index in [1.807, 2.05) is 0 Å². The molecule has 0 aromatic heterocycles. The topological polar surface area (TPSA) is 29.3 Å². The van der Waals surface area contributed by atoms with Crippen LogP contribution in [0, 0.1) is 6.92 Å². The molecular formula is C14H23BrN2. The Hall–Kier alpha value is -0.380. The van der Waals surface area contributed by atoms with Crippen LogP contribution in [0.4, 0.5) is 0 Å². The molecule has 0 aliphatic heterocycles. The molecule has 0 saturated heterocycles. The van der Waals surface area contributed by atoms with E-state index in [4.69, 9.17) is 5.73 Å². The van der Waals surface area contributed by atoms with Crippen molar-refractivity contribution in [2.45, 2.75) is 39.3 Å². The molecule has 0 radical (unpaired) electrons. The van der Waals surface area contributed by atoms with Crippen LogP contribution in [0.25, 0.3) is 0 Å². The Kier molecular flexibility index (Phi) is 5.17. The van der Waals surface area contributed by atoms with Crippen molar-refractivity contribution in [3.63, 3.8) is 0 Å². The largest absolute Gasteiger partial charge is 0.330 e. The van der Waals surface area contributed by atoms with Gasteiger partial charge in [-0.3, -0.25) is 4.90 Å². The van der Waals surface area contributed by atoms with E-state index < -0.39 is 0 Å². The van der Waals surface area contributed by atoms with Gasteiger partial charge in [-0.05, 0) is 64.0 Å². The van der Waals surface area contributed by atoms with Gasteiger partial charge in [0.2, 0.25) is 0 Å². The third-order valence-corrected chi connectivity index (χ3v) is 4.00. The number of hydrogen-bond donors (Lipinski definition) is 1. The summed E-state index contributed by atoms with van der Waals surface area (Å²) >= 11 is 3.53. The molecule has 0 bridgehead atoms. The molecule has 2 N–H and O–H groups in total. The van der Waals surface area contributed by atoms with E-state index in [1.165, 1.54) is 11.1 Å². The van der Waals surface area contributed by atoms with Crippen molar-refractivity contribution in [1.29, 1.82) is 0 Å². The van der Waals surface area contributed by atoms with Gasteiger partial charge in [-0.1, -0.05) is 22.0 Å². The van der Waals surface area contributed by atoms with Crippen LogP contribution in [0.2, 0.25) is 0 Å². The molecule has 0 saturated carbocycles. The molecule has 0 aliphatic rings. The first-order chi connectivity index (χ1) is 7.86. The molecule has 0 atom stereocenters. The lowest BCUT2D eigenvalue weighted by Crippen LogP contribution is -2.42. The van der Waals surface area contributed by atoms with E-state index in [-0.39, 0.29) is 5.54 Å². The lowest BCUT2D eigenvalue weighted by atomic mass is 9.97. The van der Waals surface area contributed by atoms with Crippen molar-refractivity contribution in [1.82, 2.24) is 4.90 Å². The number of aryl methyl sites for hydroxylation is 1. The summed E-state index contributed by atoms with van der Waals surface area (Å²) in [6.45, 7) is 8.33. The zero-order valence-corrected chi connectivity index (χ0v) is 12.8. The summed E-state index contributed by atoms with van der Waals surface area (Å²) in [5.41, 5.74) is 8.51. The number of rotatable bonds is 5. The highest BCUT2D eigenvalue weighted by Gasteiger charge is 2.22. The van der Waals surface area contributed by atoms with Gasteiger partial charge < -0.3 is 5.73 Å². The van der Waals surface area contributed by atoms with Gasteiger partial charge in [0.25, 0.3) is 0 Å². The van der Waals surface area contributed by atoms with Gasteiger partial charge >= 0.3 is 0 Å². The van der Waals surface area contributed by atoms with Crippen LogP contribution in [0.5, 0.6) is 0 Å². The maximum absolute atomic E-state index is 5.67. The summed E-state index contributed by atoms with van der Waals surface area (Å²) in [5.74, 6) is 0. The lowest BCUT2D eigenvalue weighted by molar-refractivity contribution is 0.139. The van der Waals surface area contributed by atoms with Crippen LogP contribution in [0.1, 0.15) is 31.4 Å². The summed E-state index contributed by atoms with van der Waals surface area (Å²) in [7, 11) is 2.16. The van der Waals surface area contributed by atoms with E-state index in [0.717, 1.165) is 24.0 Å². The Bertz CT molecular complexity index is 374. The number of hydrogen-bond acceptors (Lipinski definition) is 2. The minimum absolute atomic E-state index is 0.142. The fraction of sp³-hybridized carbons (Fsp3) is 0.571. The Morgan fingerprint density at radius 2 is 2.00 bits per heavy atom. The third-order valence-electron chi connectivity index (χ3n) is 3.51. The molecule has 0 spiro atoms. The van der Waals surface area contributed by atoms with E-state index in [0.29, 0.717) is 0 Å². The Morgan fingerprint density at radius 1 is 1.35 bits per heavy atom. The summed E-state index contributed by atoms with van der Waals surface area (Å²) < 4.78 is 1.14. The first kappa shape index (κ1) is 14.7. The van der Waals surface area contributed by atoms with Crippen LogP contribution in [-0.4, -0.2) is 24.0 Å². The molecule has 1 rings (SSSR count). The fourth-order valence-electron chi connectivity index (χ4n) is 1.82. The van der Waals surface area contributed by atoms with Crippen LogP contribution < -0.4 is 5.73 Å². The number of halogens is 1. The molecule has 96 valence electrons. The molecule has 3 heteroatoms. The summed E-state index contributed by atoms with van der Waals surface area (Å²) in [6.07, 6.45) is 1.01. The highest BCUT2D eigenvalue weighted by Crippen LogP contribution is 2.22. The van der Waals surface area contributed by atoms with Crippen molar-refractivity contribution in [3.8, 4) is 0 Å². The molecule has 0 amide bonds. The number of nitrogens with zero attached hydrogens (tertiary/aromatic N) is 1. The summed E-state index contributed by atoms with van der Waals surface area (Å²) in [6, 6.07) is 6.44. The molecule has 0 aliphatic carbocycles. The first-order valence-electron chi connectivity index (χ1n) is 6.03. The van der Waals surface area contributed by atoms with Gasteiger partial charge in [-0.15, -0.1) is 0 Å². The van der Waals surface area contributed by atoms with Crippen molar-refractivity contribution < 1.29 is 0 Å². The molecule has 1 aromatic carbocycles. The van der Waals surface area contributed by atoms with Crippen molar-refractivity contribution in [2.24, 2.45) is 5.73 Å². The monoisotopic (exact) mass is 298 g/mol. The second kappa shape index (κ2) is 5.98. The second-order valence-corrected chi connectivity index (χ2v) is 6.19. The Labute approximate surface area is 113 Å². The predicted molar refractivity (Wildman–Crippen MR) is 78.1 cm³/mol. The van der Waals surface area contributed by atoms with Gasteiger partial charge in [0.1, 0.15) is 0 Å². The van der Waals surface area contributed by atoms with Gasteiger partial charge in [-0.25, -0.2) is 0 Å². The van der Waals surface area contributed by atoms with Gasteiger partial charge in [0, 0.05) is 16.6 Å². The SMILES string of the molecule is Cc1ccc(Br)cc1CN(C)C(C)(C)CCN. The highest BCUT2D eigenvalue weighted by molar-refractivity contribution is 9.10. The van der Waals surface area contributed by atoms with Gasteiger partial charge in [0.15, 0.2) is 0 Å². The number of nitrogens with two attached hydrogens (primary N) is 1. The predicted octanol–water partition coefficient (Wildman–Crippen LogP) is 3.32. The van der Waals surface area contributed by atoms with E-state index in [2.05, 4.69) is 66.8 Å². The van der Waals surface area contributed by atoms with Crippen molar-refractivity contribution in [2.75, 3.05) is 13.6 Å². The van der Waals surface area contributed by atoms with Crippen molar-refractivity contribution >= 4 is 15.9 Å². The highest BCUT2D eigenvalue weighted by atomic mass is 79.9. The smallest absolute Gasteiger partial charge is 0.0239 e.